The summed E-state index contributed by atoms with van der Waals surface area (Å²) in [6.07, 6.45) is 3.14. The summed E-state index contributed by atoms with van der Waals surface area (Å²) in [6, 6.07) is 3.17. The van der Waals surface area contributed by atoms with Crippen molar-refractivity contribution in [2.24, 2.45) is 7.05 Å². The number of aromatic nitrogens is 2. The first-order valence-electron chi connectivity index (χ1n) is 5.85. The number of rotatable bonds is 4. The molecule has 0 bridgehead atoms. The molecule has 0 aliphatic heterocycles. The molecule has 2 amide bonds. The molecule has 2 aromatic rings. The first-order chi connectivity index (χ1) is 9.52. The number of hydrogen-bond acceptors (Lipinski definition) is 5. The van der Waals surface area contributed by atoms with Crippen molar-refractivity contribution in [1.82, 2.24) is 20.3 Å². The highest BCUT2D eigenvalue weighted by atomic mass is 32.1. The number of hydrogen-bond donors (Lipinski definition) is 3. The molecule has 0 aromatic carbocycles. The summed E-state index contributed by atoms with van der Waals surface area (Å²) in [5.74, 6) is -0.830. The minimum Gasteiger partial charge on any atom is -0.347 e. The Morgan fingerprint density at radius 1 is 1.45 bits per heavy atom. The van der Waals surface area contributed by atoms with Gasteiger partial charge in [0, 0.05) is 13.2 Å². The Bertz CT molecular complexity index is 634. The number of aryl methyl sites for hydroxylation is 1. The normalized spacial score (nSPS) is 11.9. The van der Waals surface area contributed by atoms with Crippen molar-refractivity contribution in [3.8, 4) is 0 Å². The molecule has 0 saturated carbocycles. The summed E-state index contributed by atoms with van der Waals surface area (Å²) < 4.78 is 1.72. The van der Waals surface area contributed by atoms with Gasteiger partial charge in [0.1, 0.15) is 15.6 Å². The quantitative estimate of drug-likeness (QED) is 0.581. The first kappa shape index (κ1) is 14.2. The molecule has 7 nitrogen and oxygen atoms in total. The number of nitrogens with one attached hydrogen (secondary N) is 2. The molecule has 0 unspecified atom stereocenters. The molecule has 1 atom stereocenters. The number of hydroxylamine groups is 1. The van der Waals surface area contributed by atoms with E-state index in [9.17, 15) is 9.59 Å². The SMILES string of the molecule is C[C@@H](NC(=O)c1cccn1C)c1ncc(C(=O)NO)s1. The van der Waals surface area contributed by atoms with E-state index < -0.39 is 5.91 Å². The van der Waals surface area contributed by atoms with E-state index in [-0.39, 0.29) is 16.8 Å². The third-order valence-corrected chi connectivity index (χ3v) is 3.92. The van der Waals surface area contributed by atoms with E-state index in [0.717, 1.165) is 11.3 Å². The van der Waals surface area contributed by atoms with Crippen LogP contribution in [-0.4, -0.2) is 26.6 Å². The smallest absolute Gasteiger partial charge is 0.286 e. The second kappa shape index (κ2) is 5.85. The Kier molecular flexibility index (Phi) is 4.16. The van der Waals surface area contributed by atoms with Crippen molar-refractivity contribution in [2.45, 2.75) is 13.0 Å². The van der Waals surface area contributed by atoms with Crippen LogP contribution in [0.1, 0.15) is 38.1 Å². The van der Waals surface area contributed by atoms with Crippen LogP contribution in [0.4, 0.5) is 0 Å². The molecular weight excluding hydrogens is 280 g/mol. The van der Waals surface area contributed by atoms with Crippen LogP contribution >= 0.6 is 11.3 Å². The standard InChI is InChI=1S/C12H14N4O3S/c1-7(12-13-6-9(20-12)11(18)15-19)14-10(17)8-4-3-5-16(8)2/h3-7,19H,1-2H3,(H,14,17)(H,15,18)/t7-/m1/s1. The Morgan fingerprint density at radius 2 is 2.20 bits per heavy atom. The summed E-state index contributed by atoms with van der Waals surface area (Å²) >= 11 is 1.11. The van der Waals surface area contributed by atoms with Gasteiger partial charge in [0.2, 0.25) is 0 Å². The average molecular weight is 294 g/mol. The van der Waals surface area contributed by atoms with E-state index in [0.29, 0.717) is 10.7 Å². The zero-order valence-electron chi connectivity index (χ0n) is 11.0. The molecule has 0 saturated heterocycles. The van der Waals surface area contributed by atoms with E-state index in [4.69, 9.17) is 5.21 Å². The first-order valence-corrected chi connectivity index (χ1v) is 6.67. The Balaban J connectivity index is 2.07. The van der Waals surface area contributed by atoms with E-state index in [1.165, 1.54) is 6.20 Å². The maximum Gasteiger partial charge on any atom is 0.286 e. The minimum absolute atomic E-state index is 0.214. The third kappa shape index (κ3) is 2.86. The van der Waals surface area contributed by atoms with Gasteiger partial charge in [0.15, 0.2) is 0 Å². The van der Waals surface area contributed by atoms with Gasteiger partial charge >= 0.3 is 0 Å². The molecule has 2 rings (SSSR count). The topological polar surface area (TPSA) is 96.2 Å². The molecule has 2 aromatic heterocycles. The molecular formula is C12H14N4O3S. The van der Waals surface area contributed by atoms with Gasteiger partial charge in [-0.25, -0.2) is 10.5 Å². The Hall–Kier alpha value is -2.19. The van der Waals surface area contributed by atoms with Gasteiger partial charge in [-0.1, -0.05) is 0 Å². The van der Waals surface area contributed by atoms with Crippen LogP contribution in [0.2, 0.25) is 0 Å². The Labute approximate surface area is 119 Å². The molecule has 0 aliphatic rings. The summed E-state index contributed by atoms with van der Waals surface area (Å²) in [5.41, 5.74) is 2.09. The molecule has 8 heteroatoms. The lowest BCUT2D eigenvalue weighted by atomic mass is 10.3. The van der Waals surface area contributed by atoms with Gasteiger partial charge in [0.05, 0.1) is 12.2 Å². The van der Waals surface area contributed by atoms with Crippen LogP contribution in [-0.2, 0) is 7.05 Å². The maximum atomic E-state index is 12.0. The predicted molar refractivity (Wildman–Crippen MR) is 72.7 cm³/mol. The van der Waals surface area contributed by atoms with Crippen molar-refractivity contribution in [3.63, 3.8) is 0 Å². The number of nitrogens with zero attached hydrogens (tertiary/aromatic N) is 2. The maximum absolute atomic E-state index is 12.0. The van der Waals surface area contributed by atoms with Crippen molar-refractivity contribution >= 4 is 23.2 Å². The van der Waals surface area contributed by atoms with Gasteiger partial charge in [-0.15, -0.1) is 11.3 Å². The highest BCUT2D eigenvalue weighted by Gasteiger charge is 2.17. The number of thiazole rings is 1. The lowest BCUT2D eigenvalue weighted by molar-refractivity contribution is 0.0710. The van der Waals surface area contributed by atoms with Crippen LogP contribution in [0.15, 0.2) is 24.5 Å². The highest BCUT2D eigenvalue weighted by molar-refractivity contribution is 7.13. The molecule has 0 spiro atoms. The zero-order valence-corrected chi connectivity index (χ0v) is 11.8. The molecule has 20 heavy (non-hydrogen) atoms. The summed E-state index contributed by atoms with van der Waals surface area (Å²) in [7, 11) is 1.78. The Morgan fingerprint density at radius 3 is 2.80 bits per heavy atom. The summed E-state index contributed by atoms with van der Waals surface area (Å²) in [4.78, 5) is 27.6. The van der Waals surface area contributed by atoms with Gasteiger partial charge < -0.3 is 9.88 Å². The second-order valence-corrected chi connectivity index (χ2v) is 5.27. The van der Waals surface area contributed by atoms with Crippen LogP contribution in [0.25, 0.3) is 0 Å². The zero-order chi connectivity index (χ0) is 14.7. The number of amides is 2. The molecule has 3 N–H and O–H groups in total. The van der Waals surface area contributed by atoms with Gasteiger partial charge in [-0.2, -0.15) is 0 Å². The van der Waals surface area contributed by atoms with E-state index in [1.54, 1.807) is 42.3 Å². The van der Waals surface area contributed by atoms with Crippen molar-refractivity contribution in [1.29, 1.82) is 0 Å². The molecule has 0 fully saturated rings. The summed E-state index contributed by atoms with van der Waals surface area (Å²) in [6.45, 7) is 1.78. The van der Waals surface area contributed by atoms with Gasteiger partial charge in [-0.3, -0.25) is 14.8 Å². The largest absolute Gasteiger partial charge is 0.347 e. The van der Waals surface area contributed by atoms with Crippen LogP contribution in [0.5, 0.6) is 0 Å². The van der Waals surface area contributed by atoms with Crippen LogP contribution in [0.3, 0.4) is 0 Å². The third-order valence-electron chi connectivity index (χ3n) is 2.74. The van der Waals surface area contributed by atoms with E-state index in [1.807, 2.05) is 0 Å². The van der Waals surface area contributed by atoms with E-state index >= 15 is 0 Å². The average Bonchev–Trinajstić information content (AvgIpc) is 3.06. The second-order valence-electron chi connectivity index (χ2n) is 4.20. The number of carbonyl (C=O) groups is 2. The summed E-state index contributed by atoms with van der Waals surface area (Å²) in [5, 5.41) is 11.9. The minimum atomic E-state index is -0.616. The number of carbonyl (C=O) groups excluding carboxylic acids is 2. The molecule has 0 radical (unpaired) electrons. The lowest BCUT2D eigenvalue weighted by Gasteiger charge is -2.11. The van der Waals surface area contributed by atoms with Crippen molar-refractivity contribution in [3.05, 3.63) is 40.1 Å². The monoisotopic (exact) mass is 294 g/mol. The molecule has 2 heterocycles. The predicted octanol–water partition coefficient (Wildman–Crippen LogP) is 1.09. The fraction of sp³-hybridized carbons (Fsp3) is 0.250. The van der Waals surface area contributed by atoms with Crippen molar-refractivity contribution in [2.75, 3.05) is 0 Å². The van der Waals surface area contributed by atoms with Crippen LogP contribution in [0, 0.1) is 0 Å². The van der Waals surface area contributed by atoms with Crippen LogP contribution < -0.4 is 10.8 Å². The molecule has 106 valence electrons. The fourth-order valence-electron chi connectivity index (χ4n) is 1.68. The van der Waals surface area contributed by atoms with Crippen molar-refractivity contribution < 1.29 is 14.8 Å². The van der Waals surface area contributed by atoms with E-state index in [2.05, 4.69) is 10.3 Å². The lowest BCUT2D eigenvalue weighted by Crippen LogP contribution is -2.28. The van der Waals surface area contributed by atoms with Gasteiger partial charge in [0.25, 0.3) is 11.8 Å². The van der Waals surface area contributed by atoms with Gasteiger partial charge in [-0.05, 0) is 19.1 Å². The highest BCUT2D eigenvalue weighted by Crippen LogP contribution is 2.20. The fourth-order valence-corrected chi connectivity index (χ4v) is 2.49. The molecule has 0 aliphatic carbocycles.